The molecule has 0 atom stereocenters. The van der Waals surface area contributed by atoms with E-state index in [1.165, 1.54) is 28.9 Å². The van der Waals surface area contributed by atoms with E-state index in [0.717, 1.165) is 0 Å². The summed E-state index contributed by atoms with van der Waals surface area (Å²) in [5, 5.41) is 4.85. The molecule has 0 amide bonds. The van der Waals surface area contributed by atoms with E-state index in [0.29, 0.717) is 38.5 Å². The van der Waals surface area contributed by atoms with E-state index in [4.69, 9.17) is 11.6 Å². The maximum atomic E-state index is 13.5. The molecule has 0 spiro atoms. The summed E-state index contributed by atoms with van der Waals surface area (Å²) in [4.78, 5) is 13.4. The minimum Gasteiger partial charge on any atom is -0.267 e. The quantitative estimate of drug-likeness (QED) is 0.452. The highest BCUT2D eigenvalue weighted by molar-refractivity contribution is 7.71. The summed E-state index contributed by atoms with van der Waals surface area (Å²) in [6, 6.07) is 19.2. The van der Waals surface area contributed by atoms with Gasteiger partial charge in [-0.05, 0) is 53.1 Å². The second kappa shape index (κ2) is 8.83. The summed E-state index contributed by atoms with van der Waals surface area (Å²) in [6.07, 6.45) is 1.57. The third-order valence-electron chi connectivity index (χ3n) is 4.76. The lowest BCUT2D eigenvalue weighted by atomic mass is 9.96. The Morgan fingerprint density at radius 2 is 1.48 bits per heavy atom. The van der Waals surface area contributed by atoms with E-state index in [1.807, 2.05) is 0 Å². The van der Waals surface area contributed by atoms with Crippen molar-refractivity contribution in [3.05, 3.63) is 106 Å². The summed E-state index contributed by atoms with van der Waals surface area (Å²) >= 11 is 5.95. The lowest BCUT2D eigenvalue weighted by molar-refractivity contribution is 0.614. The average molecular weight is 455 g/mol. The fourth-order valence-electron chi connectivity index (χ4n) is 3.27. The van der Waals surface area contributed by atoms with E-state index < -0.39 is 16.5 Å². The topological polar surface area (TPSA) is 69.0 Å². The molecule has 0 fully saturated rings. The molecule has 31 heavy (non-hydrogen) atoms. The number of halogens is 2. The van der Waals surface area contributed by atoms with Crippen LogP contribution in [0.25, 0.3) is 27.9 Å². The zero-order valence-corrected chi connectivity index (χ0v) is 17.7. The van der Waals surface area contributed by atoms with E-state index >= 15 is 0 Å². The molecular weight excluding hydrogens is 439 g/mol. The van der Waals surface area contributed by atoms with Crippen LogP contribution >= 0.6 is 11.6 Å². The van der Waals surface area contributed by atoms with Gasteiger partial charge in [-0.15, -0.1) is 0 Å². The SMILES string of the molecule is O=c1c(-c2ccc(F)cc2)c(-c2ccc(C[SH](=O)=O)cc2)cnn1-c1ccc(Cl)cc1. The molecule has 0 aliphatic carbocycles. The highest BCUT2D eigenvalue weighted by Gasteiger charge is 2.16. The fourth-order valence-corrected chi connectivity index (χ4v) is 3.91. The van der Waals surface area contributed by atoms with Gasteiger partial charge in [0.2, 0.25) is 0 Å². The summed E-state index contributed by atoms with van der Waals surface area (Å²) in [5.74, 6) is -0.468. The van der Waals surface area contributed by atoms with Gasteiger partial charge in [0.15, 0.2) is 0 Å². The van der Waals surface area contributed by atoms with Gasteiger partial charge in [0.25, 0.3) is 5.56 Å². The molecule has 1 aromatic heterocycles. The van der Waals surface area contributed by atoms with Gasteiger partial charge in [-0.1, -0.05) is 48.0 Å². The molecule has 0 aliphatic heterocycles. The fraction of sp³-hybridized carbons (Fsp3) is 0.0435. The maximum Gasteiger partial charge on any atom is 0.279 e. The third kappa shape index (κ3) is 4.57. The predicted molar refractivity (Wildman–Crippen MR) is 120 cm³/mol. The Morgan fingerprint density at radius 1 is 0.871 bits per heavy atom. The van der Waals surface area contributed by atoms with Crippen LogP contribution < -0.4 is 5.56 Å². The smallest absolute Gasteiger partial charge is 0.267 e. The molecule has 0 radical (unpaired) electrons. The van der Waals surface area contributed by atoms with E-state index in [1.54, 1.807) is 54.7 Å². The molecule has 156 valence electrons. The van der Waals surface area contributed by atoms with Crippen LogP contribution in [0.3, 0.4) is 0 Å². The van der Waals surface area contributed by atoms with E-state index in [2.05, 4.69) is 5.10 Å². The minimum atomic E-state index is -2.53. The molecule has 4 rings (SSSR count). The normalized spacial score (nSPS) is 11.1. The first-order valence-corrected chi connectivity index (χ1v) is 11.0. The first-order chi connectivity index (χ1) is 14.9. The Morgan fingerprint density at radius 3 is 2.10 bits per heavy atom. The van der Waals surface area contributed by atoms with Crippen LogP contribution in [0.15, 0.2) is 83.8 Å². The van der Waals surface area contributed by atoms with Crippen molar-refractivity contribution in [1.82, 2.24) is 9.78 Å². The number of aromatic nitrogens is 2. The van der Waals surface area contributed by atoms with Gasteiger partial charge in [-0.3, -0.25) is 4.79 Å². The van der Waals surface area contributed by atoms with Crippen LogP contribution in [0.1, 0.15) is 5.56 Å². The number of thiol groups is 1. The first kappa shape index (κ1) is 21.0. The largest absolute Gasteiger partial charge is 0.279 e. The maximum absolute atomic E-state index is 13.5. The summed E-state index contributed by atoms with van der Waals surface area (Å²) in [6.45, 7) is 0. The number of hydrogen-bond donors (Lipinski definition) is 1. The van der Waals surface area contributed by atoms with Gasteiger partial charge < -0.3 is 0 Å². The predicted octanol–water partition coefficient (Wildman–Crippen LogP) is 4.47. The number of hydrogen-bond acceptors (Lipinski definition) is 4. The van der Waals surface area contributed by atoms with Crippen LogP contribution in [0.2, 0.25) is 5.02 Å². The van der Waals surface area contributed by atoms with Crippen LogP contribution in [0, 0.1) is 5.82 Å². The van der Waals surface area contributed by atoms with Crippen molar-refractivity contribution >= 4 is 22.3 Å². The zero-order chi connectivity index (χ0) is 22.0. The molecule has 0 N–H and O–H groups in total. The molecule has 4 aromatic rings. The molecule has 0 saturated heterocycles. The molecule has 5 nitrogen and oxygen atoms in total. The second-order valence-electron chi connectivity index (χ2n) is 6.82. The summed E-state index contributed by atoms with van der Waals surface area (Å²) in [7, 11) is -2.53. The van der Waals surface area contributed by atoms with Gasteiger partial charge in [-0.2, -0.15) is 9.78 Å². The highest BCUT2D eigenvalue weighted by atomic mass is 35.5. The van der Waals surface area contributed by atoms with Crippen molar-refractivity contribution in [2.24, 2.45) is 0 Å². The Balaban J connectivity index is 1.90. The molecule has 0 bridgehead atoms. The zero-order valence-electron chi connectivity index (χ0n) is 16.0. The van der Waals surface area contributed by atoms with Crippen molar-refractivity contribution in [2.45, 2.75) is 5.75 Å². The summed E-state index contributed by atoms with van der Waals surface area (Å²) in [5.41, 5.74) is 2.95. The second-order valence-corrected chi connectivity index (χ2v) is 8.24. The van der Waals surface area contributed by atoms with Crippen LogP contribution in [0.5, 0.6) is 0 Å². The van der Waals surface area contributed by atoms with E-state index in [-0.39, 0.29) is 11.3 Å². The monoisotopic (exact) mass is 454 g/mol. The van der Waals surface area contributed by atoms with Gasteiger partial charge >= 0.3 is 0 Å². The lowest BCUT2D eigenvalue weighted by Crippen LogP contribution is -2.23. The van der Waals surface area contributed by atoms with E-state index in [9.17, 15) is 17.6 Å². The minimum absolute atomic E-state index is 0.0587. The molecule has 0 saturated carbocycles. The number of nitrogens with zero attached hydrogens (tertiary/aromatic N) is 2. The average Bonchev–Trinajstić information content (AvgIpc) is 2.75. The highest BCUT2D eigenvalue weighted by Crippen LogP contribution is 2.29. The van der Waals surface area contributed by atoms with Crippen LogP contribution in [-0.2, 0) is 16.5 Å². The lowest BCUT2D eigenvalue weighted by Gasteiger charge is -2.13. The van der Waals surface area contributed by atoms with Crippen molar-refractivity contribution in [3.8, 4) is 27.9 Å². The summed E-state index contributed by atoms with van der Waals surface area (Å²) < 4.78 is 36.7. The number of benzene rings is 3. The Labute approximate surface area is 184 Å². The third-order valence-corrected chi connectivity index (χ3v) is 5.63. The molecule has 0 unspecified atom stereocenters. The Bertz CT molecular complexity index is 1360. The van der Waals surface area contributed by atoms with Crippen molar-refractivity contribution in [2.75, 3.05) is 0 Å². The molecule has 0 aliphatic rings. The Kier molecular flexibility index (Phi) is 5.97. The standard InChI is InChI=1S/C23H16ClFN2O3S/c24-18-7-11-20(12-8-18)27-23(28)22(17-5-9-19(25)10-6-17)21(13-26-27)16-3-1-15(2-4-16)14-31(29)30/h1-13,31H,14H2. The number of rotatable bonds is 5. The van der Waals surface area contributed by atoms with Crippen molar-refractivity contribution in [1.29, 1.82) is 0 Å². The van der Waals surface area contributed by atoms with Gasteiger partial charge in [0.05, 0.1) is 23.2 Å². The molecule has 3 aromatic carbocycles. The van der Waals surface area contributed by atoms with Crippen molar-refractivity contribution in [3.63, 3.8) is 0 Å². The molecule has 8 heteroatoms. The van der Waals surface area contributed by atoms with Crippen molar-refractivity contribution < 1.29 is 12.8 Å². The van der Waals surface area contributed by atoms with Crippen LogP contribution in [0.4, 0.5) is 4.39 Å². The van der Waals surface area contributed by atoms with Gasteiger partial charge in [-0.25, -0.2) is 12.8 Å². The molecular formula is C23H16ClFN2O3S. The first-order valence-electron chi connectivity index (χ1n) is 9.28. The van der Waals surface area contributed by atoms with Gasteiger partial charge in [0, 0.05) is 10.6 Å². The molecule has 1 heterocycles. The van der Waals surface area contributed by atoms with Crippen LogP contribution in [-0.4, -0.2) is 18.2 Å². The Hall–Kier alpha value is -3.29. The van der Waals surface area contributed by atoms with Gasteiger partial charge in [0.1, 0.15) is 16.5 Å².